The fourth-order valence-electron chi connectivity index (χ4n) is 2.97. The molecule has 1 aromatic heterocycles. The molecule has 2 heterocycles. The highest BCUT2D eigenvalue weighted by molar-refractivity contribution is 5.94. The average molecular weight is 338 g/mol. The predicted molar refractivity (Wildman–Crippen MR) is 91.2 cm³/mol. The first-order chi connectivity index (χ1) is 12.1. The Balaban J connectivity index is 1.64. The third-order valence-corrected chi connectivity index (χ3v) is 4.43. The largest absolute Gasteiger partial charge is 0.336 e. The van der Waals surface area contributed by atoms with Gasteiger partial charge in [-0.3, -0.25) is 14.7 Å². The number of nitriles is 1. The summed E-state index contributed by atoms with van der Waals surface area (Å²) in [4.78, 5) is 20.5. The molecule has 0 aliphatic carbocycles. The van der Waals surface area contributed by atoms with Crippen LogP contribution < -0.4 is 0 Å². The summed E-state index contributed by atoms with van der Waals surface area (Å²) >= 11 is 0. The Morgan fingerprint density at radius 2 is 1.84 bits per heavy atom. The molecule has 1 fully saturated rings. The van der Waals surface area contributed by atoms with Gasteiger partial charge in [-0.2, -0.15) is 5.26 Å². The van der Waals surface area contributed by atoms with Gasteiger partial charge in [-0.15, -0.1) is 0 Å². The number of piperazine rings is 1. The first-order valence-corrected chi connectivity index (χ1v) is 8.19. The van der Waals surface area contributed by atoms with Crippen LogP contribution in [0.15, 0.2) is 42.6 Å². The standard InChI is InChI=1S/C19H19FN4O/c1-14-2-3-16(13-22-14)19(25)24-10-8-23(9-11-24)18(12-21)15-4-6-17(20)7-5-15/h2-7,13,18H,8-11H2,1H3. The molecular formula is C19H19FN4O. The van der Waals surface area contributed by atoms with Gasteiger partial charge in [0.05, 0.1) is 11.6 Å². The normalized spacial score (nSPS) is 16.3. The number of hydrogen-bond acceptors (Lipinski definition) is 4. The maximum absolute atomic E-state index is 13.1. The monoisotopic (exact) mass is 338 g/mol. The van der Waals surface area contributed by atoms with Crippen LogP contribution in [0.5, 0.6) is 0 Å². The Morgan fingerprint density at radius 1 is 1.16 bits per heavy atom. The quantitative estimate of drug-likeness (QED) is 0.863. The second kappa shape index (κ2) is 7.41. The molecule has 1 aliphatic rings. The Bertz CT molecular complexity index is 775. The maximum atomic E-state index is 13.1. The lowest BCUT2D eigenvalue weighted by atomic mass is 10.1. The van der Waals surface area contributed by atoms with Crippen molar-refractivity contribution < 1.29 is 9.18 Å². The minimum absolute atomic E-state index is 0.0394. The summed E-state index contributed by atoms with van der Waals surface area (Å²) in [6.45, 7) is 4.17. The van der Waals surface area contributed by atoms with E-state index in [0.29, 0.717) is 31.7 Å². The molecule has 0 radical (unpaired) electrons. The van der Waals surface area contributed by atoms with E-state index in [2.05, 4.69) is 11.1 Å². The lowest BCUT2D eigenvalue weighted by Crippen LogP contribution is -2.49. The van der Waals surface area contributed by atoms with Crippen LogP contribution in [0, 0.1) is 24.1 Å². The van der Waals surface area contributed by atoms with Gasteiger partial charge in [0.1, 0.15) is 11.9 Å². The SMILES string of the molecule is Cc1ccc(C(=O)N2CCN(C(C#N)c3ccc(F)cc3)CC2)cn1. The highest BCUT2D eigenvalue weighted by Gasteiger charge is 2.27. The van der Waals surface area contributed by atoms with Crippen molar-refractivity contribution in [3.63, 3.8) is 0 Å². The smallest absolute Gasteiger partial charge is 0.255 e. The number of aromatic nitrogens is 1. The van der Waals surface area contributed by atoms with E-state index in [4.69, 9.17) is 0 Å². The topological polar surface area (TPSA) is 60.2 Å². The maximum Gasteiger partial charge on any atom is 0.255 e. The Labute approximate surface area is 146 Å². The number of rotatable bonds is 3. The summed E-state index contributed by atoms with van der Waals surface area (Å²) < 4.78 is 13.1. The van der Waals surface area contributed by atoms with Gasteiger partial charge in [0.25, 0.3) is 5.91 Å². The molecule has 1 aromatic carbocycles. The van der Waals surface area contributed by atoms with E-state index >= 15 is 0 Å². The van der Waals surface area contributed by atoms with Gasteiger partial charge >= 0.3 is 0 Å². The molecule has 0 bridgehead atoms. The summed E-state index contributed by atoms with van der Waals surface area (Å²) in [5, 5.41) is 9.51. The van der Waals surface area contributed by atoms with Crippen LogP contribution in [-0.4, -0.2) is 46.9 Å². The number of carbonyl (C=O) groups excluding carboxylic acids is 1. The Morgan fingerprint density at radius 3 is 2.40 bits per heavy atom. The second-order valence-electron chi connectivity index (χ2n) is 6.10. The third-order valence-electron chi connectivity index (χ3n) is 4.43. The predicted octanol–water partition coefficient (Wildman–Crippen LogP) is 2.55. The van der Waals surface area contributed by atoms with Gasteiger partial charge < -0.3 is 4.90 Å². The van der Waals surface area contributed by atoms with E-state index in [0.717, 1.165) is 11.3 Å². The number of benzene rings is 1. The molecule has 6 heteroatoms. The molecule has 0 N–H and O–H groups in total. The fraction of sp³-hybridized carbons (Fsp3) is 0.316. The summed E-state index contributed by atoms with van der Waals surface area (Å²) in [7, 11) is 0. The first kappa shape index (κ1) is 17.1. The van der Waals surface area contributed by atoms with E-state index in [1.807, 2.05) is 17.9 Å². The van der Waals surface area contributed by atoms with Crippen molar-refractivity contribution in [2.45, 2.75) is 13.0 Å². The molecule has 1 atom stereocenters. The van der Waals surface area contributed by atoms with Gasteiger partial charge in [-0.25, -0.2) is 4.39 Å². The van der Waals surface area contributed by atoms with Crippen molar-refractivity contribution in [2.75, 3.05) is 26.2 Å². The number of hydrogen-bond donors (Lipinski definition) is 0. The molecule has 1 saturated heterocycles. The van der Waals surface area contributed by atoms with Crippen molar-refractivity contribution in [1.29, 1.82) is 5.26 Å². The lowest BCUT2D eigenvalue weighted by molar-refractivity contribution is 0.0606. The van der Waals surface area contributed by atoms with E-state index in [1.165, 1.54) is 12.1 Å². The van der Waals surface area contributed by atoms with E-state index in [-0.39, 0.29) is 11.7 Å². The van der Waals surface area contributed by atoms with Crippen LogP contribution in [0.25, 0.3) is 0 Å². The number of carbonyl (C=O) groups is 1. The van der Waals surface area contributed by atoms with Crippen LogP contribution in [0.1, 0.15) is 27.7 Å². The zero-order valence-electron chi connectivity index (χ0n) is 14.0. The second-order valence-corrected chi connectivity index (χ2v) is 6.10. The lowest BCUT2D eigenvalue weighted by Gasteiger charge is -2.37. The van der Waals surface area contributed by atoms with Crippen molar-refractivity contribution in [2.24, 2.45) is 0 Å². The first-order valence-electron chi connectivity index (χ1n) is 8.19. The number of halogens is 1. The average Bonchev–Trinajstić information content (AvgIpc) is 2.64. The number of amides is 1. The van der Waals surface area contributed by atoms with Gasteiger partial charge in [-0.1, -0.05) is 12.1 Å². The number of nitrogens with zero attached hydrogens (tertiary/aromatic N) is 4. The molecule has 2 aromatic rings. The molecule has 1 aliphatic heterocycles. The Kier molecular flexibility index (Phi) is 5.05. The van der Waals surface area contributed by atoms with Gasteiger partial charge in [0.15, 0.2) is 0 Å². The van der Waals surface area contributed by atoms with Gasteiger partial charge in [0.2, 0.25) is 0 Å². The molecule has 0 saturated carbocycles. The van der Waals surface area contributed by atoms with Crippen LogP contribution >= 0.6 is 0 Å². The minimum atomic E-state index is -0.432. The zero-order chi connectivity index (χ0) is 17.8. The van der Waals surface area contributed by atoms with Crippen molar-refractivity contribution >= 4 is 5.91 Å². The summed E-state index contributed by atoms with van der Waals surface area (Å²) in [6.07, 6.45) is 1.60. The van der Waals surface area contributed by atoms with Crippen molar-refractivity contribution in [1.82, 2.24) is 14.8 Å². The van der Waals surface area contributed by atoms with Crippen LogP contribution in [0.2, 0.25) is 0 Å². The zero-order valence-corrected chi connectivity index (χ0v) is 14.0. The van der Waals surface area contributed by atoms with E-state index < -0.39 is 6.04 Å². The van der Waals surface area contributed by atoms with E-state index in [1.54, 1.807) is 29.3 Å². The summed E-state index contributed by atoms with van der Waals surface area (Å²) in [5.41, 5.74) is 2.22. The summed E-state index contributed by atoms with van der Waals surface area (Å²) in [5.74, 6) is -0.356. The van der Waals surface area contributed by atoms with Crippen molar-refractivity contribution in [3.05, 3.63) is 65.2 Å². The number of aryl methyl sites for hydroxylation is 1. The third kappa shape index (κ3) is 3.83. The van der Waals surface area contributed by atoms with Crippen molar-refractivity contribution in [3.8, 4) is 6.07 Å². The Hall–Kier alpha value is -2.78. The molecule has 3 rings (SSSR count). The molecule has 5 nitrogen and oxygen atoms in total. The van der Waals surface area contributed by atoms with Crippen LogP contribution in [-0.2, 0) is 0 Å². The van der Waals surface area contributed by atoms with Gasteiger partial charge in [-0.05, 0) is 36.8 Å². The molecular weight excluding hydrogens is 319 g/mol. The van der Waals surface area contributed by atoms with Gasteiger partial charge in [0, 0.05) is 38.1 Å². The van der Waals surface area contributed by atoms with Crippen LogP contribution in [0.3, 0.4) is 0 Å². The number of pyridine rings is 1. The fourth-order valence-corrected chi connectivity index (χ4v) is 2.97. The molecule has 25 heavy (non-hydrogen) atoms. The molecule has 0 spiro atoms. The molecule has 128 valence electrons. The molecule has 1 unspecified atom stereocenters. The van der Waals surface area contributed by atoms with Crippen LogP contribution in [0.4, 0.5) is 4.39 Å². The highest BCUT2D eigenvalue weighted by atomic mass is 19.1. The molecule has 1 amide bonds. The highest BCUT2D eigenvalue weighted by Crippen LogP contribution is 2.22. The minimum Gasteiger partial charge on any atom is -0.336 e. The van der Waals surface area contributed by atoms with E-state index in [9.17, 15) is 14.4 Å². The summed E-state index contributed by atoms with van der Waals surface area (Å²) in [6, 6.07) is 11.5.